The number of carbonyl (C=O) groups is 1. The van der Waals surface area contributed by atoms with E-state index in [0.29, 0.717) is 5.92 Å². The summed E-state index contributed by atoms with van der Waals surface area (Å²) in [6.45, 7) is 4.28. The van der Waals surface area contributed by atoms with Gasteiger partial charge in [-0.1, -0.05) is 81.7 Å². The molecule has 0 aromatic heterocycles. The van der Waals surface area contributed by atoms with Crippen molar-refractivity contribution in [1.82, 2.24) is 0 Å². The van der Waals surface area contributed by atoms with Crippen LogP contribution in [0.1, 0.15) is 99.0 Å². The summed E-state index contributed by atoms with van der Waals surface area (Å²) >= 11 is 0. The lowest BCUT2D eigenvalue weighted by molar-refractivity contribution is 0.0697. The minimum Gasteiger partial charge on any atom is -0.478 e. The third-order valence-electron chi connectivity index (χ3n) is 6.42. The maximum Gasteiger partial charge on any atom is 0.335 e. The van der Waals surface area contributed by atoms with Crippen LogP contribution in [0.3, 0.4) is 0 Å². The van der Waals surface area contributed by atoms with Crippen molar-refractivity contribution in [3.8, 4) is 23.0 Å². The first-order chi connectivity index (χ1) is 14.6. The average molecular weight is 403 g/mol. The van der Waals surface area contributed by atoms with Gasteiger partial charge < -0.3 is 5.11 Å². The van der Waals surface area contributed by atoms with Crippen LogP contribution in [0.2, 0.25) is 0 Å². The molecule has 0 atom stereocenters. The number of hydrogen-bond acceptors (Lipinski definition) is 1. The summed E-state index contributed by atoms with van der Waals surface area (Å²) < 4.78 is 0. The number of rotatable bonds is 7. The van der Waals surface area contributed by atoms with Crippen LogP contribution >= 0.6 is 0 Å². The van der Waals surface area contributed by atoms with Gasteiger partial charge in [-0.05, 0) is 66.3 Å². The van der Waals surface area contributed by atoms with Gasteiger partial charge in [0.2, 0.25) is 0 Å². The van der Waals surface area contributed by atoms with Gasteiger partial charge in [0.15, 0.2) is 0 Å². The first-order valence-electron chi connectivity index (χ1n) is 11.6. The molecule has 0 heterocycles. The zero-order valence-corrected chi connectivity index (χ0v) is 18.4. The molecule has 2 heteroatoms. The predicted molar refractivity (Wildman–Crippen MR) is 125 cm³/mol. The zero-order chi connectivity index (χ0) is 21.3. The molecule has 3 rings (SSSR count). The van der Waals surface area contributed by atoms with Crippen LogP contribution in [0.5, 0.6) is 0 Å². The average Bonchev–Trinajstić information content (AvgIpc) is 2.78. The van der Waals surface area contributed by atoms with Gasteiger partial charge in [0, 0.05) is 12.0 Å². The van der Waals surface area contributed by atoms with E-state index in [4.69, 9.17) is 0 Å². The molecular formula is C28H34O2. The fourth-order valence-corrected chi connectivity index (χ4v) is 4.62. The summed E-state index contributed by atoms with van der Waals surface area (Å²) in [6, 6.07) is 14.1. The van der Waals surface area contributed by atoms with Gasteiger partial charge in [0.1, 0.15) is 0 Å². The van der Waals surface area contributed by atoms with E-state index in [0.717, 1.165) is 29.0 Å². The van der Waals surface area contributed by atoms with Gasteiger partial charge >= 0.3 is 5.97 Å². The van der Waals surface area contributed by atoms with Crippen molar-refractivity contribution < 1.29 is 9.90 Å². The third kappa shape index (κ3) is 5.76. The van der Waals surface area contributed by atoms with E-state index in [-0.39, 0.29) is 5.56 Å². The SMILES string of the molecule is CCC#Cc1cc(C(=O)O)ccc1-c1ccc(C2CCC(CCCCC)CC2)cc1. The fraction of sp³-hybridized carbons (Fsp3) is 0.464. The summed E-state index contributed by atoms with van der Waals surface area (Å²) in [7, 11) is 0. The van der Waals surface area contributed by atoms with Crippen LogP contribution in [0, 0.1) is 17.8 Å². The quantitative estimate of drug-likeness (QED) is 0.381. The van der Waals surface area contributed by atoms with Gasteiger partial charge in [-0.2, -0.15) is 0 Å². The first-order valence-corrected chi connectivity index (χ1v) is 11.6. The van der Waals surface area contributed by atoms with Crippen LogP contribution in [-0.2, 0) is 0 Å². The van der Waals surface area contributed by atoms with Crippen molar-refractivity contribution in [2.24, 2.45) is 5.92 Å². The van der Waals surface area contributed by atoms with Gasteiger partial charge in [-0.25, -0.2) is 4.79 Å². The number of unbranched alkanes of at least 4 members (excludes halogenated alkanes) is 2. The molecule has 0 amide bonds. The molecule has 1 fully saturated rings. The Balaban J connectivity index is 1.71. The van der Waals surface area contributed by atoms with E-state index in [1.165, 1.54) is 56.9 Å². The molecule has 2 aromatic rings. The minimum absolute atomic E-state index is 0.284. The van der Waals surface area contributed by atoms with E-state index >= 15 is 0 Å². The summed E-state index contributed by atoms with van der Waals surface area (Å²) in [6.07, 6.45) is 11.6. The summed E-state index contributed by atoms with van der Waals surface area (Å²) in [5.41, 5.74) is 4.62. The Hall–Kier alpha value is -2.53. The van der Waals surface area contributed by atoms with Gasteiger partial charge in [-0.3, -0.25) is 0 Å². The highest BCUT2D eigenvalue weighted by Crippen LogP contribution is 2.38. The van der Waals surface area contributed by atoms with Gasteiger partial charge in [-0.15, -0.1) is 0 Å². The second-order valence-corrected chi connectivity index (χ2v) is 8.56. The topological polar surface area (TPSA) is 37.3 Å². The highest BCUT2D eigenvalue weighted by Gasteiger charge is 2.22. The molecule has 0 unspecified atom stereocenters. The Morgan fingerprint density at radius 1 is 1.00 bits per heavy atom. The lowest BCUT2D eigenvalue weighted by Crippen LogP contribution is -2.13. The van der Waals surface area contributed by atoms with E-state index in [1.807, 2.05) is 13.0 Å². The number of benzene rings is 2. The normalized spacial score (nSPS) is 18.5. The Bertz CT molecular complexity index is 890. The number of carboxylic acids is 1. The Kier molecular flexibility index (Phi) is 8.14. The highest BCUT2D eigenvalue weighted by molar-refractivity contribution is 5.89. The summed E-state index contributed by atoms with van der Waals surface area (Å²) in [5, 5.41) is 9.31. The Labute approximate surface area is 181 Å². The minimum atomic E-state index is -0.915. The van der Waals surface area contributed by atoms with Crippen molar-refractivity contribution >= 4 is 5.97 Å². The molecule has 158 valence electrons. The maximum atomic E-state index is 11.3. The molecule has 0 saturated heterocycles. The molecule has 2 aromatic carbocycles. The standard InChI is InChI=1S/C28H34O2/c1-3-5-7-8-21-10-12-22(13-11-21)23-14-16-24(17-15-23)27-19-18-26(28(29)30)20-25(27)9-6-4-2/h14-22H,3-5,7-8,10-13H2,1-2H3,(H,29,30). The Morgan fingerprint density at radius 2 is 1.73 bits per heavy atom. The van der Waals surface area contributed by atoms with Crippen molar-refractivity contribution in [2.75, 3.05) is 0 Å². The molecular weight excluding hydrogens is 368 g/mol. The molecule has 0 bridgehead atoms. The molecule has 1 aliphatic carbocycles. The number of aromatic carboxylic acids is 1. The third-order valence-corrected chi connectivity index (χ3v) is 6.42. The molecule has 30 heavy (non-hydrogen) atoms. The molecule has 1 N–H and O–H groups in total. The summed E-state index contributed by atoms with van der Waals surface area (Å²) in [4.78, 5) is 11.3. The molecule has 0 spiro atoms. The Morgan fingerprint density at radius 3 is 2.37 bits per heavy atom. The number of carboxylic acid groups (broad SMARTS) is 1. The second-order valence-electron chi connectivity index (χ2n) is 8.56. The second kappa shape index (κ2) is 11.0. The summed E-state index contributed by atoms with van der Waals surface area (Å²) in [5.74, 6) is 6.92. The molecule has 1 aliphatic rings. The smallest absolute Gasteiger partial charge is 0.335 e. The molecule has 1 saturated carbocycles. The fourth-order valence-electron chi connectivity index (χ4n) is 4.62. The van der Waals surface area contributed by atoms with Crippen LogP contribution < -0.4 is 0 Å². The number of hydrogen-bond donors (Lipinski definition) is 1. The van der Waals surface area contributed by atoms with E-state index < -0.39 is 5.97 Å². The van der Waals surface area contributed by atoms with Gasteiger partial charge in [0.25, 0.3) is 0 Å². The van der Waals surface area contributed by atoms with E-state index in [2.05, 4.69) is 43.0 Å². The lowest BCUT2D eigenvalue weighted by atomic mass is 9.77. The highest BCUT2D eigenvalue weighted by atomic mass is 16.4. The van der Waals surface area contributed by atoms with Crippen LogP contribution in [0.25, 0.3) is 11.1 Å². The molecule has 2 nitrogen and oxygen atoms in total. The molecule has 0 radical (unpaired) electrons. The van der Waals surface area contributed by atoms with Crippen molar-refractivity contribution in [3.63, 3.8) is 0 Å². The first kappa shape index (κ1) is 22.2. The van der Waals surface area contributed by atoms with Gasteiger partial charge in [0.05, 0.1) is 5.56 Å². The van der Waals surface area contributed by atoms with E-state index in [1.54, 1.807) is 12.1 Å². The lowest BCUT2D eigenvalue weighted by Gasteiger charge is -2.29. The van der Waals surface area contributed by atoms with Crippen LogP contribution in [0.4, 0.5) is 0 Å². The van der Waals surface area contributed by atoms with Crippen molar-refractivity contribution in [3.05, 3.63) is 59.2 Å². The van der Waals surface area contributed by atoms with E-state index in [9.17, 15) is 9.90 Å². The largest absolute Gasteiger partial charge is 0.478 e. The van der Waals surface area contributed by atoms with Crippen LogP contribution in [0.15, 0.2) is 42.5 Å². The van der Waals surface area contributed by atoms with Crippen molar-refractivity contribution in [1.29, 1.82) is 0 Å². The zero-order valence-electron chi connectivity index (χ0n) is 18.4. The monoisotopic (exact) mass is 402 g/mol. The van der Waals surface area contributed by atoms with Crippen molar-refractivity contribution in [2.45, 2.75) is 77.6 Å². The molecule has 0 aliphatic heterocycles. The van der Waals surface area contributed by atoms with Crippen LogP contribution in [-0.4, -0.2) is 11.1 Å². The maximum absolute atomic E-state index is 11.3. The predicted octanol–water partition coefficient (Wildman–Crippen LogP) is 7.67.